The molecule has 1 saturated carbocycles. The van der Waals surface area contributed by atoms with Gasteiger partial charge in [0.25, 0.3) is 5.09 Å². The van der Waals surface area contributed by atoms with E-state index >= 15 is 0 Å². The Kier molecular flexibility index (Phi) is 11.7. The summed E-state index contributed by atoms with van der Waals surface area (Å²) in [7, 11) is 0. The fourth-order valence-corrected chi connectivity index (χ4v) is 4.01. The lowest BCUT2D eigenvalue weighted by molar-refractivity contribution is -0.763. The second-order valence-electron chi connectivity index (χ2n) is 9.68. The third-order valence-corrected chi connectivity index (χ3v) is 5.80. The fourth-order valence-electron chi connectivity index (χ4n) is 4.01. The summed E-state index contributed by atoms with van der Waals surface area (Å²) in [6.07, 6.45) is 4.33. The van der Waals surface area contributed by atoms with Crippen LogP contribution in [0.5, 0.6) is 5.75 Å². The molecule has 198 valence electrons. The number of rotatable bonds is 11. The van der Waals surface area contributed by atoms with Crippen molar-refractivity contribution < 1.29 is 24.2 Å². The van der Waals surface area contributed by atoms with E-state index in [4.69, 9.17) is 9.47 Å². The van der Waals surface area contributed by atoms with Crippen molar-refractivity contribution in [3.8, 4) is 5.75 Å². The molecule has 0 aromatic heterocycles. The van der Waals surface area contributed by atoms with Gasteiger partial charge in [-0.05, 0) is 68.9 Å². The van der Waals surface area contributed by atoms with Crippen molar-refractivity contribution in [2.75, 3.05) is 13.2 Å². The Bertz CT molecular complexity index is 949. The first-order valence-corrected chi connectivity index (χ1v) is 12.8. The van der Waals surface area contributed by atoms with E-state index in [2.05, 4.69) is 16.2 Å². The number of carbonyl (C=O) groups excluding carboxylic acids is 1. The minimum absolute atomic E-state index is 0.148. The molecule has 1 unspecified atom stereocenters. The number of nitrogens with one attached hydrogen (secondary N) is 1. The Hall–Kier alpha value is -3.13. The smallest absolute Gasteiger partial charge is 0.338 e. The first kappa shape index (κ1) is 29.1. The van der Waals surface area contributed by atoms with Gasteiger partial charge < -0.3 is 19.6 Å². The molecule has 3 rings (SSSR count). The summed E-state index contributed by atoms with van der Waals surface area (Å²) < 4.78 is 12.0. The van der Waals surface area contributed by atoms with Gasteiger partial charge in [0.1, 0.15) is 25.1 Å². The normalized spacial score (nSPS) is 14.4. The topological polar surface area (TPSA) is 99.9 Å². The van der Waals surface area contributed by atoms with E-state index in [1.807, 2.05) is 52.8 Å². The molecule has 0 amide bonds. The van der Waals surface area contributed by atoms with E-state index < -0.39 is 17.2 Å². The van der Waals surface area contributed by atoms with E-state index in [1.54, 1.807) is 24.3 Å². The first-order chi connectivity index (χ1) is 17.2. The predicted octanol–water partition coefficient (Wildman–Crippen LogP) is 6.07. The highest BCUT2D eigenvalue weighted by atomic mass is 16.9. The van der Waals surface area contributed by atoms with Gasteiger partial charge in [-0.15, -0.1) is 10.1 Å². The number of para-hydroxylation sites is 1. The van der Waals surface area contributed by atoms with Crippen molar-refractivity contribution >= 4 is 5.97 Å². The Morgan fingerprint density at radius 3 is 2.33 bits per heavy atom. The number of nitrogens with zero attached hydrogens (tertiary/aromatic N) is 1. The zero-order valence-corrected chi connectivity index (χ0v) is 22.1. The number of hydrogen-bond donors (Lipinski definition) is 1. The van der Waals surface area contributed by atoms with Gasteiger partial charge in [0.15, 0.2) is 0 Å². The molecule has 1 aliphatic rings. The van der Waals surface area contributed by atoms with Gasteiger partial charge in [-0.3, -0.25) is 0 Å². The molecule has 8 nitrogen and oxygen atoms in total. The van der Waals surface area contributed by atoms with E-state index in [1.165, 1.54) is 31.2 Å². The van der Waals surface area contributed by atoms with Crippen LogP contribution in [-0.2, 0) is 16.2 Å². The highest BCUT2D eigenvalue weighted by Crippen LogP contribution is 2.38. The van der Waals surface area contributed by atoms with Crippen LogP contribution >= 0.6 is 0 Å². The average molecular weight is 501 g/mol. The predicted molar refractivity (Wildman–Crippen MR) is 140 cm³/mol. The Labute approximate surface area is 214 Å². The maximum Gasteiger partial charge on any atom is 0.338 e. The molecule has 1 N–H and O–H groups in total. The van der Waals surface area contributed by atoms with E-state index in [-0.39, 0.29) is 18.8 Å². The van der Waals surface area contributed by atoms with Crippen LogP contribution in [0, 0.1) is 10.1 Å². The van der Waals surface area contributed by atoms with Crippen LogP contribution in [0.1, 0.15) is 87.7 Å². The highest BCUT2D eigenvalue weighted by molar-refractivity contribution is 5.89. The third kappa shape index (κ3) is 9.85. The minimum Gasteiger partial charge on any atom is -0.489 e. The summed E-state index contributed by atoms with van der Waals surface area (Å²) in [5, 5.41) is 12.9. The molecule has 0 heterocycles. The summed E-state index contributed by atoms with van der Waals surface area (Å²) in [5.74, 6) is 0.888. The van der Waals surface area contributed by atoms with E-state index in [0.29, 0.717) is 23.6 Å². The largest absolute Gasteiger partial charge is 0.489 e. The molecule has 1 atom stereocenters. The van der Waals surface area contributed by atoms with Gasteiger partial charge in [0.2, 0.25) is 0 Å². The maximum absolute atomic E-state index is 12.8. The number of carbonyl (C=O) groups is 1. The molecular weight excluding hydrogens is 460 g/mol. The van der Waals surface area contributed by atoms with Gasteiger partial charge in [-0.1, -0.05) is 57.0 Å². The van der Waals surface area contributed by atoms with Crippen LogP contribution in [0.3, 0.4) is 0 Å². The van der Waals surface area contributed by atoms with Crippen LogP contribution in [0.2, 0.25) is 0 Å². The van der Waals surface area contributed by atoms with E-state index in [9.17, 15) is 14.9 Å². The lowest BCUT2D eigenvalue weighted by atomic mass is 9.97. The summed E-state index contributed by atoms with van der Waals surface area (Å²) in [4.78, 5) is 27.5. The number of benzene rings is 2. The molecule has 2 aromatic rings. The maximum atomic E-state index is 12.8. The molecule has 1 aliphatic carbocycles. The molecule has 36 heavy (non-hydrogen) atoms. The van der Waals surface area contributed by atoms with Crippen LogP contribution in [0.25, 0.3) is 0 Å². The standard InChI is InChI=1S/C26H34N2O6.C2H6/c1-26(2,3)27-16-22(18-32-24-11-7-6-10-23(24)20-8-4-5-9-20)34-25(29)21-14-12-19(13-15-21)17-33-28(30)31;1-2/h6-7,10-15,20,22,27H,4-5,8-9,16-18H2,1-3H3;1-2H3. The molecule has 2 aromatic carbocycles. The third-order valence-electron chi connectivity index (χ3n) is 5.80. The summed E-state index contributed by atoms with van der Waals surface area (Å²) in [6.45, 7) is 10.6. The van der Waals surface area contributed by atoms with E-state index in [0.717, 1.165) is 5.75 Å². The fraction of sp³-hybridized carbons (Fsp3) is 0.536. The summed E-state index contributed by atoms with van der Waals surface area (Å²) >= 11 is 0. The van der Waals surface area contributed by atoms with Crippen LogP contribution in [-0.4, -0.2) is 35.9 Å². The quantitative estimate of drug-likeness (QED) is 0.227. The Morgan fingerprint density at radius 2 is 1.72 bits per heavy atom. The van der Waals surface area contributed by atoms with Crippen LogP contribution in [0.15, 0.2) is 48.5 Å². The van der Waals surface area contributed by atoms with Gasteiger partial charge >= 0.3 is 5.97 Å². The van der Waals surface area contributed by atoms with Crippen LogP contribution in [0.4, 0.5) is 0 Å². The molecule has 0 bridgehead atoms. The van der Waals surface area contributed by atoms with Crippen molar-refractivity contribution in [3.05, 3.63) is 75.3 Å². The SMILES string of the molecule is CC.CC(C)(C)NCC(COc1ccccc1C1CCCC1)OC(=O)c1ccc(CO[N+](=O)[O-])cc1. The summed E-state index contributed by atoms with van der Waals surface area (Å²) in [5.41, 5.74) is 2.02. The van der Waals surface area contributed by atoms with Crippen molar-refractivity contribution in [1.29, 1.82) is 0 Å². The van der Waals surface area contributed by atoms with Gasteiger partial charge in [0, 0.05) is 12.1 Å². The first-order valence-electron chi connectivity index (χ1n) is 12.8. The second kappa shape index (κ2) is 14.4. The number of esters is 1. The monoisotopic (exact) mass is 500 g/mol. The molecule has 0 aliphatic heterocycles. The number of hydrogen-bond acceptors (Lipinski definition) is 7. The lowest BCUT2D eigenvalue weighted by Gasteiger charge is -2.26. The van der Waals surface area contributed by atoms with Crippen molar-refractivity contribution in [2.45, 2.75) is 84.5 Å². The second-order valence-corrected chi connectivity index (χ2v) is 9.68. The minimum atomic E-state index is -0.847. The molecular formula is C28H40N2O6. The molecule has 1 fully saturated rings. The van der Waals surface area contributed by atoms with Gasteiger partial charge in [0.05, 0.1) is 5.56 Å². The van der Waals surface area contributed by atoms with Gasteiger partial charge in [-0.2, -0.15) is 0 Å². The number of ether oxygens (including phenoxy) is 2. The molecule has 8 heteroatoms. The molecule has 0 radical (unpaired) electrons. The van der Waals surface area contributed by atoms with Crippen LogP contribution < -0.4 is 10.1 Å². The van der Waals surface area contributed by atoms with Gasteiger partial charge in [-0.25, -0.2) is 4.79 Å². The molecule has 0 spiro atoms. The van der Waals surface area contributed by atoms with Crippen molar-refractivity contribution in [2.24, 2.45) is 0 Å². The Balaban J connectivity index is 0.00000222. The zero-order chi connectivity index (χ0) is 26.6. The van der Waals surface area contributed by atoms with Crippen molar-refractivity contribution in [3.63, 3.8) is 0 Å². The highest BCUT2D eigenvalue weighted by Gasteiger charge is 2.23. The lowest BCUT2D eigenvalue weighted by Crippen LogP contribution is -2.44. The molecule has 0 saturated heterocycles. The van der Waals surface area contributed by atoms with Crippen molar-refractivity contribution in [1.82, 2.24) is 5.32 Å². The summed E-state index contributed by atoms with van der Waals surface area (Å²) in [6, 6.07) is 14.5. The average Bonchev–Trinajstić information content (AvgIpc) is 3.40. The Morgan fingerprint density at radius 1 is 1.08 bits per heavy atom. The zero-order valence-electron chi connectivity index (χ0n) is 22.1.